The van der Waals surface area contributed by atoms with Crippen molar-refractivity contribution in [3.05, 3.63) is 69.7 Å². The fraction of sp³-hybridized carbons (Fsp3) is 0.533. The average molecular weight is 547 g/mol. The topological polar surface area (TPSA) is 43.9 Å². The first-order valence-electron chi connectivity index (χ1n) is 13.6. The van der Waals surface area contributed by atoms with Crippen LogP contribution in [-0.4, -0.2) is 72.3 Å². The molecule has 1 heterocycles. The van der Waals surface area contributed by atoms with Gasteiger partial charge in [-0.05, 0) is 62.1 Å². The van der Waals surface area contributed by atoms with Gasteiger partial charge in [0.1, 0.15) is 0 Å². The number of benzene rings is 2. The Labute approximate surface area is 232 Å². The number of hydrogen-bond donors (Lipinski definition) is 0. The Morgan fingerprint density at radius 3 is 2.35 bits per heavy atom. The second kappa shape index (κ2) is 14.8. The smallest absolute Gasteiger partial charge is 0.253 e. The summed E-state index contributed by atoms with van der Waals surface area (Å²) in [6.07, 6.45) is 5.67. The molecule has 0 radical (unpaired) electrons. The van der Waals surface area contributed by atoms with Crippen LogP contribution in [0.15, 0.2) is 48.5 Å². The van der Waals surface area contributed by atoms with E-state index in [1.54, 1.807) is 4.90 Å². The van der Waals surface area contributed by atoms with Crippen LogP contribution in [0.3, 0.4) is 0 Å². The standard InChI is InChI=1S/C30H41Cl2N3O2/c1-4-6-17-35(29(36)5-2)26-15-19-34(20-16-26)18-14-25(24-12-13-27(31)28(32)21-24)22-33(3)30(37)23-10-8-7-9-11-23/h7-13,21,25-26H,4-6,14-20,22H2,1-3H3/t25-/m1/s1. The van der Waals surface area contributed by atoms with Crippen molar-refractivity contribution in [2.75, 3.05) is 39.8 Å². The molecule has 1 saturated heterocycles. The number of unbranched alkanes of at least 4 members (excludes halogenated alkanes) is 1. The quantitative estimate of drug-likeness (QED) is 0.296. The first kappa shape index (κ1) is 29.5. The number of likely N-dealkylation sites (N-methyl/N-ethyl adjacent to an activating group) is 1. The Hall–Kier alpha value is -2.08. The zero-order valence-corrected chi connectivity index (χ0v) is 24.0. The number of halogens is 2. The largest absolute Gasteiger partial charge is 0.341 e. The zero-order chi connectivity index (χ0) is 26.8. The van der Waals surface area contributed by atoms with E-state index in [0.29, 0.717) is 34.6 Å². The Kier molecular flexibility index (Phi) is 11.8. The third-order valence-electron chi connectivity index (χ3n) is 7.44. The van der Waals surface area contributed by atoms with E-state index in [1.165, 1.54) is 0 Å². The fourth-order valence-electron chi connectivity index (χ4n) is 5.18. The van der Waals surface area contributed by atoms with Gasteiger partial charge in [-0.3, -0.25) is 9.59 Å². The van der Waals surface area contributed by atoms with Gasteiger partial charge in [-0.1, -0.05) is 67.7 Å². The molecule has 0 saturated carbocycles. The maximum absolute atomic E-state index is 13.0. The van der Waals surface area contributed by atoms with Crippen LogP contribution in [0.25, 0.3) is 0 Å². The van der Waals surface area contributed by atoms with Gasteiger partial charge in [0.25, 0.3) is 5.91 Å². The molecule has 7 heteroatoms. The van der Waals surface area contributed by atoms with Crippen LogP contribution in [0.2, 0.25) is 10.0 Å². The lowest BCUT2D eigenvalue weighted by Crippen LogP contribution is -2.48. The molecule has 1 aliphatic heterocycles. The van der Waals surface area contributed by atoms with Gasteiger partial charge in [0.05, 0.1) is 10.0 Å². The molecule has 2 aromatic rings. The van der Waals surface area contributed by atoms with Gasteiger partial charge in [-0.15, -0.1) is 0 Å². The van der Waals surface area contributed by atoms with Crippen LogP contribution in [0, 0.1) is 0 Å². The molecule has 1 aliphatic rings. The molecule has 3 rings (SSSR count). The van der Waals surface area contributed by atoms with Crippen molar-refractivity contribution < 1.29 is 9.59 Å². The number of piperidine rings is 1. The second-order valence-corrected chi connectivity index (χ2v) is 10.9. The van der Waals surface area contributed by atoms with Crippen molar-refractivity contribution >= 4 is 35.0 Å². The van der Waals surface area contributed by atoms with E-state index in [0.717, 1.165) is 63.8 Å². The molecule has 2 aromatic carbocycles. The molecule has 2 amide bonds. The van der Waals surface area contributed by atoms with Crippen molar-refractivity contribution in [2.24, 2.45) is 0 Å². The highest BCUT2D eigenvalue weighted by Crippen LogP contribution is 2.30. The molecule has 0 N–H and O–H groups in total. The third-order valence-corrected chi connectivity index (χ3v) is 8.18. The van der Waals surface area contributed by atoms with Crippen LogP contribution in [0.4, 0.5) is 0 Å². The maximum atomic E-state index is 13.0. The summed E-state index contributed by atoms with van der Waals surface area (Å²) in [6.45, 7) is 8.49. The van der Waals surface area contributed by atoms with Crippen LogP contribution >= 0.6 is 23.2 Å². The summed E-state index contributed by atoms with van der Waals surface area (Å²) in [6, 6.07) is 15.5. The van der Waals surface area contributed by atoms with E-state index in [9.17, 15) is 9.59 Å². The summed E-state index contributed by atoms with van der Waals surface area (Å²) >= 11 is 12.6. The predicted octanol–water partition coefficient (Wildman–Crippen LogP) is 6.74. The minimum atomic E-state index is 0.0132. The molecule has 0 aliphatic carbocycles. The second-order valence-electron chi connectivity index (χ2n) is 10.1. The molecule has 0 unspecified atom stereocenters. The molecule has 202 valence electrons. The molecular formula is C30H41Cl2N3O2. The Bertz CT molecular complexity index is 1010. The van der Waals surface area contributed by atoms with Crippen LogP contribution in [-0.2, 0) is 4.79 Å². The molecule has 1 atom stereocenters. The monoisotopic (exact) mass is 545 g/mol. The first-order valence-corrected chi connectivity index (χ1v) is 14.4. The number of amides is 2. The highest BCUT2D eigenvalue weighted by atomic mass is 35.5. The Balaban J connectivity index is 1.63. The summed E-state index contributed by atoms with van der Waals surface area (Å²) in [7, 11) is 1.86. The number of rotatable bonds is 12. The summed E-state index contributed by atoms with van der Waals surface area (Å²) in [4.78, 5) is 32.0. The van der Waals surface area contributed by atoms with Crippen molar-refractivity contribution in [3.8, 4) is 0 Å². The molecule has 0 bridgehead atoms. The van der Waals surface area contributed by atoms with E-state index in [1.807, 2.05) is 62.5 Å². The average Bonchev–Trinajstić information content (AvgIpc) is 2.93. The molecule has 37 heavy (non-hydrogen) atoms. The lowest BCUT2D eigenvalue weighted by Gasteiger charge is -2.39. The molecule has 5 nitrogen and oxygen atoms in total. The van der Waals surface area contributed by atoms with Crippen molar-refractivity contribution in [2.45, 2.75) is 64.3 Å². The van der Waals surface area contributed by atoms with E-state index in [2.05, 4.69) is 16.7 Å². The number of likely N-dealkylation sites (tertiary alicyclic amines) is 1. The van der Waals surface area contributed by atoms with Crippen LogP contribution < -0.4 is 0 Å². The third kappa shape index (κ3) is 8.46. The highest BCUT2D eigenvalue weighted by molar-refractivity contribution is 6.42. The number of carbonyl (C=O) groups excluding carboxylic acids is 2. The molecular weight excluding hydrogens is 505 g/mol. The van der Waals surface area contributed by atoms with Crippen LogP contribution in [0.5, 0.6) is 0 Å². The Morgan fingerprint density at radius 1 is 1.03 bits per heavy atom. The van der Waals surface area contributed by atoms with Gasteiger partial charge < -0.3 is 14.7 Å². The highest BCUT2D eigenvalue weighted by Gasteiger charge is 2.27. The lowest BCUT2D eigenvalue weighted by atomic mass is 9.93. The number of nitrogens with zero attached hydrogens (tertiary/aromatic N) is 3. The van der Waals surface area contributed by atoms with E-state index in [-0.39, 0.29) is 17.7 Å². The summed E-state index contributed by atoms with van der Waals surface area (Å²) < 4.78 is 0. The predicted molar refractivity (Wildman–Crippen MR) is 154 cm³/mol. The van der Waals surface area contributed by atoms with E-state index >= 15 is 0 Å². The van der Waals surface area contributed by atoms with Gasteiger partial charge >= 0.3 is 0 Å². The zero-order valence-electron chi connectivity index (χ0n) is 22.5. The SMILES string of the molecule is CCCCN(C(=O)CC)C1CCN(CC[C@H](CN(C)C(=O)c2ccccc2)c2ccc(Cl)c(Cl)c2)CC1. The van der Waals surface area contributed by atoms with Crippen molar-refractivity contribution in [1.82, 2.24) is 14.7 Å². The Morgan fingerprint density at radius 2 is 1.73 bits per heavy atom. The minimum absolute atomic E-state index is 0.0132. The van der Waals surface area contributed by atoms with Gasteiger partial charge in [0.15, 0.2) is 0 Å². The van der Waals surface area contributed by atoms with Gasteiger partial charge in [0.2, 0.25) is 5.91 Å². The van der Waals surface area contributed by atoms with Crippen molar-refractivity contribution in [1.29, 1.82) is 0 Å². The molecule has 0 aromatic heterocycles. The molecule has 1 fully saturated rings. The van der Waals surface area contributed by atoms with Gasteiger partial charge in [-0.2, -0.15) is 0 Å². The first-order chi connectivity index (χ1) is 17.8. The summed E-state index contributed by atoms with van der Waals surface area (Å²) in [5, 5.41) is 1.07. The number of hydrogen-bond acceptors (Lipinski definition) is 3. The summed E-state index contributed by atoms with van der Waals surface area (Å²) in [5.74, 6) is 0.421. The minimum Gasteiger partial charge on any atom is -0.341 e. The van der Waals surface area contributed by atoms with E-state index < -0.39 is 0 Å². The molecule has 0 spiro atoms. The summed E-state index contributed by atoms with van der Waals surface area (Å²) in [5.41, 5.74) is 1.78. The van der Waals surface area contributed by atoms with Crippen molar-refractivity contribution in [3.63, 3.8) is 0 Å². The fourth-order valence-corrected chi connectivity index (χ4v) is 5.49. The normalized spacial score (nSPS) is 15.4. The number of carbonyl (C=O) groups is 2. The van der Waals surface area contributed by atoms with Gasteiger partial charge in [0, 0.05) is 57.2 Å². The van der Waals surface area contributed by atoms with E-state index in [4.69, 9.17) is 23.2 Å². The maximum Gasteiger partial charge on any atom is 0.253 e. The van der Waals surface area contributed by atoms with Gasteiger partial charge in [-0.25, -0.2) is 0 Å². The van der Waals surface area contributed by atoms with Crippen LogP contribution in [0.1, 0.15) is 74.2 Å². The lowest BCUT2D eigenvalue weighted by molar-refractivity contribution is -0.134.